The van der Waals surface area contributed by atoms with Crippen molar-refractivity contribution >= 4 is 6.29 Å². The van der Waals surface area contributed by atoms with E-state index in [2.05, 4.69) is 20.8 Å². The van der Waals surface area contributed by atoms with E-state index in [1.165, 1.54) is 44.8 Å². The molecule has 6 rings (SSSR count). The molecule has 21 heavy (non-hydrogen) atoms. The second-order valence-corrected chi connectivity index (χ2v) is 10.3. The van der Waals surface area contributed by atoms with Crippen LogP contribution in [0.4, 0.5) is 0 Å². The van der Waals surface area contributed by atoms with E-state index in [9.17, 15) is 4.79 Å². The van der Waals surface area contributed by atoms with Crippen LogP contribution in [0.1, 0.15) is 72.1 Å². The first-order chi connectivity index (χ1) is 9.88. The van der Waals surface area contributed by atoms with Crippen LogP contribution in [-0.2, 0) is 4.79 Å². The van der Waals surface area contributed by atoms with E-state index >= 15 is 0 Å². The van der Waals surface area contributed by atoms with Crippen LogP contribution < -0.4 is 0 Å². The molecular formula is C20H30O. The minimum absolute atomic E-state index is 0.0257. The molecule has 6 fully saturated rings. The predicted molar refractivity (Wildman–Crippen MR) is 83.7 cm³/mol. The molecule has 1 nitrogen and oxygen atoms in total. The van der Waals surface area contributed by atoms with Gasteiger partial charge in [0.2, 0.25) is 0 Å². The fourth-order valence-electron chi connectivity index (χ4n) is 8.81. The van der Waals surface area contributed by atoms with Crippen molar-refractivity contribution in [2.75, 3.05) is 0 Å². The molecule has 0 aromatic heterocycles. The molecule has 0 aromatic carbocycles. The summed E-state index contributed by atoms with van der Waals surface area (Å²) in [4.78, 5) is 11.9. The van der Waals surface area contributed by atoms with E-state index in [-0.39, 0.29) is 5.41 Å². The van der Waals surface area contributed by atoms with Gasteiger partial charge in [0.25, 0.3) is 0 Å². The Labute approximate surface area is 129 Å². The van der Waals surface area contributed by atoms with Crippen molar-refractivity contribution in [3.63, 3.8) is 0 Å². The minimum Gasteiger partial charge on any atom is -0.303 e. The van der Waals surface area contributed by atoms with Crippen LogP contribution >= 0.6 is 0 Å². The lowest BCUT2D eigenvalue weighted by molar-refractivity contribution is -0.167. The fraction of sp³-hybridized carbons (Fsp3) is 0.950. The second-order valence-electron chi connectivity index (χ2n) is 10.3. The lowest BCUT2D eigenvalue weighted by atomic mass is 9.39. The van der Waals surface area contributed by atoms with Gasteiger partial charge in [-0.15, -0.1) is 0 Å². The third-order valence-electron chi connectivity index (χ3n) is 9.68. The summed E-state index contributed by atoms with van der Waals surface area (Å²) < 4.78 is 0. The smallest absolute Gasteiger partial charge is 0.126 e. The zero-order chi connectivity index (χ0) is 14.7. The molecule has 0 N–H and O–H groups in total. The average Bonchev–Trinajstić information content (AvgIpc) is 2.90. The summed E-state index contributed by atoms with van der Waals surface area (Å²) in [5.74, 6) is 3.72. The summed E-state index contributed by atoms with van der Waals surface area (Å²) in [6, 6.07) is 0. The van der Waals surface area contributed by atoms with Crippen LogP contribution in [0, 0.1) is 45.3 Å². The van der Waals surface area contributed by atoms with Crippen LogP contribution in [0.25, 0.3) is 0 Å². The molecular weight excluding hydrogens is 256 g/mol. The molecule has 1 heteroatoms. The van der Waals surface area contributed by atoms with Crippen molar-refractivity contribution in [1.29, 1.82) is 0 Å². The molecule has 0 aliphatic heterocycles. The van der Waals surface area contributed by atoms with Crippen LogP contribution in [0.5, 0.6) is 0 Å². The van der Waals surface area contributed by atoms with Crippen molar-refractivity contribution in [2.24, 2.45) is 45.3 Å². The lowest BCUT2D eigenvalue weighted by Gasteiger charge is -2.65. The van der Waals surface area contributed by atoms with E-state index in [0.717, 1.165) is 29.6 Å². The number of rotatable bonds is 1. The molecule has 1 spiro atoms. The first-order valence-electron chi connectivity index (χ1n) is 9.34. The topological polar surface area (TPSA) is 17.1 Å². The van der Waals surface area contributed by atoms with Crippen molar-refractivity contribution in [3.8, 4) is 0 Å². The van der Waals surface area contributed by atoms with E-state index in [0.29, 0.717) is 16.7 Å². The summed E-state index contributed by atoms with van der Waals surface area (Å²) in [7, 11) is 0. The molecule has 8 unspecified atom stereocenters. The van der Waals surface area contributed by atoms with Crippen molar-refractivity contribution in [1.82, 2.24) is 0 Å². The largest absolute Gasteiger partial charge is 0.303 e. The Morgan fingerprint density at radius 1 is 0.952 bits per heavy atom. The van der Waals surface area contributed by atoms with Crippen LogP contribution in [0.15, 0.2) is 0 Å². The minimum atomic E-state index is -0.0257. The number of hydrogen-bond donors (Lipinski definition) is 0. The van der Waals surface area contributed by atoms with Gasteiger partial charge >= 0.3 is 0 Å². The van der Waals surface area contributed by atoms with Gasteiger partial charge in [0.1, 0.15) is 6.29 Å². The van der Waals surface area contributed by atoms with Gasteiger partial charge in [-0.2, -0.15) is 0 Å². The Kier molecular flexibility index (Phi) is 2.15. The van der Waals surface area contributed by atoms with Gasteiger partial charge in [-0.05, 0) is 84.9 Å². The average molecular weight is 286 g/mol. The fourth-order valence-corrected chi connectivity index (χ4v) is 8.81. The molecule has 0 saturated heterocycles. The highest BCUT2D eigenvalue weighted by Crippen LogP contribution is 2.85. The first kappa shape index (κ1) is 13.1. The molecule has 6 aliphatic rings. The third-order valence-corrected chi connectivity index (χ3v) is 9.68. The van der Waals surface area contributed by atoms with Gasteiger partial charge in [-0.1, -0.05) is 27.2 Å². The Morgan fingerprint density at radius 2 is 1.76 bits per heavy atom. The number of aldehydes is 1. The molecule has 0 heterocycles. The highest BCUT2D eigenvalue weighted by atomic mass is 16.1. The summed E-state index contributed by atoms with van der Waals surface area (Å²) in [6.07, 6.45) is 12.5. The summed E-state index contributed by atoms with van der Waals surface area (Å²) >= 11 is 0. The van der Waals surface area contributed by atoms with Gasteiger partial charge in [-0.25, -0.2) is 0 Å². The van der Waals surface area contributed by atoms with Crippen LogP contribution in [0.2, 0.25) is 0 Å². The van der Waals surface area contributed by atoms with Crippen molar-refractivity contribution in [3.05, 3.63) is 0 Å². The zero-order valence-electron chi connectivity index (χ0n) is 14.0. The van der Waals surface area contributed by atoms with Crippen molar-refractivity contribution in [2.45, 2.75) is 72.1 Å². The van der Waals surface area contributed by atoms with Crippen molar-refractivity contribution < 1.29 is 4.79 Å². The quantitative estimate of drug-likeness (QED) is 0.630. The number of hydrogen-bond acceptors (Lipinski definition) is 1. The number of carbonyl (C=O) groups is 1. The molecule has 6 aliphatic carbocycles. The summed E-state index contributed by atoms with van der Waals surface area (Å²) in [5, 5.41) is 0. The molecule has 0 aromatic rings. The Balaban J connectivity index is 1.56. The molecule has 0 radical (unpaired) electrons. The molecule has 8 atom stereocenters. The zero-order valence-corrected chi connectivity index (χ0v) is 14.0. The van der Waals surface area contributed by atoms with E-state index < -0.39 is 0 Å². The summed E-state index contributed by atoms with van der Waals surface area (Å²) in [6.45, 7) is 7.44. The first-order valence-corrected chi connectivity index (χ1v) is 9.34. The maximum atomic E-state index is 11.9. The standard InChI is InChI=1S/C20H30O/c1-17(12-21)6-4-7-18(2)15(17)5-8-20-10-14-13(9-16(18)20)19(14,3)11-20/h12-16H,4-11H2,1-3H3. The van der Waals surface area contributed by atoms with Gasteiger partial charge in [0.15, 0.2) is 0 Å². The monoisotopic (exact) mass is 286 g/mol. The van der Waals surface area contributed by atoms with Gasteiger partial charge in [-0.3, -0.25) is 0 Å². The molecule has 6 saturated carbocycles. The highest BCUT2D eigenvalue weighted by molar-refractivity contribution is 5.60. The van der Waals surface area contributed by atoms with E-state index in [4.69, 9.17) is 0 Å². The normalized spacial score (nSPS) is 67.2. The lowest BCUT2D eigenvalue weighted by Crippen LogP contribution is -2.58. The number of fused-ring (bicyclic) bond motifs is 1. The van der Waals surface area contributed by atoms with Gasteiger partial charge < -0.3 is 4.79 Å². The van der Waals surface area contributed by atoms with Crippen LogP contribution in [-0.4, -0.2) is 6.29 Å². The highest BCUT2D eigenvalue weighted by Gasteiger charge is 2.78. The third kappa shape index (κ3) is 1.27. The Hall–Kier alpha value is -0.330. The van der Waals surface area contributed by atoms with E-state index in [1.54, 1.807) is 6.42 Å². The Bertz CT molecular complexity index is 526. The van der Waals surface area contributed by atoms with Gasteiger partial charge in [0, 0.05) is 5.41 Å². The molecule has 4 bridgehead atoms. The van der Waals surface area contributed by atoms with Crippen LogP contribution in [0.3, 0.4) is 0 Å². The summed E-state index contributed by atoms with van der Waals surface area (Å²) in [5.41, 5.74) is 1.85. The predicted octanol–water partition coefficient (Wildman–Crippen LogP) is 4.84. The number of carbonyl (C=O) groups excluding carboxylic acids is 1. The maximum Gasteiger partial charge on any atom is 0.126 e. The molecule has 116 valence electrons. The SMILES string of the molecule is CC1(C=O)CCCC2(C)C1CCC13CC4C(CC12)C4(C)C3. The van der Waals surface area contributed by atoms with Gasteiger partial charge in [0.05, 0.1) is 0 Å². The Morgan fingerprint density at radius 3 is 2.43 bits per heavy atom. The maximum absolute atomic E-state index is 11.9. The van der Waals surface area contributed by atoms with E-state index in [1.807, 2.05) is 0 Å². The molecule has 0 amide bonds. The second kappa shape index (κ2) is 3.44.